The zero-order valence-corrected chi connectivity index (χ0v) is 17.0. The van der Waals surface area contributed by atoms with Crippen molar-refractivity contribution in [3.05, 3.63) is 54.1 Å². The smallest absolute Gasteiger partial charge is 0.336 e. The van der Waals surface area contributed by atoms with E-state index in [9.17, 15) is 22.8 Å². The van der Waals surface area contributed by atoms with Crippen LogP contribution in [-0.2, 0) is 22.8 Å². The Balaban J connectivity index is 1.58. The monoisotopic (exact) mass is 436 g/mol. The van der Waals surface area contributed by atoms with Crippen molar-refractivity contribution in [2.75, 3.05) is 24.7 Å². The van der Waals surface area contributed by atoms with Gasteiger partial charge in [0.15, 0.2) is 5.16 Å². The normalized spacial score (nSPS) is 11.5. The Kier molecular flexibility index (Phi) is 6.35. The standard InChI is InChI=1S/C20H19F3N4O2S/c1-26(11-17(28)24-14-8-4-3-7-13(14)20(21,22)23)18(29)12-30-19-25-15-9-5-6-10-16(15)27(19)2/h3-10H,11-12H2,1-2H3,(H,24,28). The van der Waals surface area contributed by atoms with Crippen molar-refractivity contribution in [2.24, 2.45) is 7.05 Å². The molecule has 0 fully saturated rings. The van der Waals surface area contributed by atoms with Crippen LogP contribution in [0.5, 0.6) is 0 Å². The van der Waals surface area contributed by atoms with E-state index in [1.165, 1.54) is 41.9 Å². The second-order valence-electron chi connectivity index (χ2n) is 6.57. The summed E-state index contributed by atoms with van der Waals surface area (Å²) in [5.74, 6) is -1.01. The molecule has 0 aliphatic carbocycles. The highest BCUT2D eigenvalue weighted by molar-refractivity contribution is 7.99. The zero-order valence-electron chi connectivity index (χ0n) is 16.2. The van der Waals surface area contributed by atoms with Crippen molar-refractivity contribution >= 4 is 40.3 Å². The number of likely N-dealkylation sites (N-methyl/N-ethyl adjacent to an activating group) is 1. The van der Waals surface area contributed by atoms with E-state index in [4.69, 9.17) is 0 Å². The number of fused-ring (bicyclic) bond motifs is 1. The number of carbonyl (C=O) groups excluding carboxylic acids is 2. The number of benzene rings is 2. The van der Waals surface area contributed by atoms with Crippen molar-refractivity contribution in [3.63, 3.8) is 0 Å². The summed E-state index contributed by atoms with van der Waals surface area (Å²) in [7, 11) is 3.27. The molecule has 0 bridgehead atoms. The number of alkyl halides is 3. The number of thioether (sulfide) groups is 1. The fraction of sp³-hybridized carbons (Fsp3) is 0.250. The van der Waals surface area contributed by atoms with Crippen LogP contribution < -0.4 is 5.32 Å². The molecule has 0 radical (unpaired) electrons. The molecular formula is C20H19F3N4O2S. The van der Waals surface area contributed by atoms with E-state index in [1.807, 2.05) is 35.9 Å². The van der Waals surface area contributed by atoms with Crippen LogP contribution in [0.15, 0.2) is 53.7 Å². The maximum atomic E-state index is 13.0. The lowest BCUT2D eigenvalue weighted by molar-refractivity contribution is -0.137. The molecule has 2 aromatic carbocycles. The molecule has 3 aromatic rings. The van der Waals surface area contributed by atoms with E-state index >= 15 is 0 Å². The first-order valence-corrected chi connectivity index (χ1v) is 9.89. The molecule has 2 amide bonds. The first kappa shape index (κ1) is 21.7. The third-order valence-electron chi connectivity index (χ3n) is 4.38. The third-order valence-corrected chi connectivity index (χ3v) is 5.40. The summed E-state index contributed by atoms with van der Waals surface area (Å²) in [4.78, 5) is 30.2. The summed E-state index contributed by atoms with van der Waals surface area (Å²) < 4.78 is 41.0. The van der Waals surface area contributed by atoms with E-state index in [0.29, 0.717) is 5.16 Å². The summed E-state index contributed by atoms with van der Waals surface area (Å²) in [5, 5.41) is 2.88. The van der Waals surface area contributed by atoms with E-state index < -0.39 is 17.6 Å². The van der Waals surface area contributed by atoms with Crippen molar-refractivity contribution < 1.29 is 22.8 Å². The van der Waals surface area contributed by atoms with Crippen LogP contribution in [0, 0.1) is 0 Å². The average molecular weight is 436 g/mol. The third kappa shape index (κ3) is 4.93. The van der Waals surface area contributed by atoms with Gasteiger partial charge in [0, 0.05) is 14.1 Å². The quantitative estimate of drug-likeness (QED) is 0.598. The number of imidazole rings is 1. The molecule has 0 saturated heterocycles. The summed E-state index contributed by atoms with van der Waals surface area (Å²) in [6.07, 6.45) is -4.59. The van der Waals surface area contributed by atoms with Gasteiger partial charge in [-0.15, -0.1) is 0 Å². The van der Waals surface area contributed by atoms with Crippen LogP contribution in [0.2, 0.25) is 0 Å². The maximum Gasteiger partial charge on any atom is 0.418 e. The second kappa shape index (κ2) is 8.78. The van der Waals surface area contributed by atoms with E-state index in [1.54, 1.807) is 0 Å². The SMILES string of the molecule is CN(CC(=O)Nc1ccccc1C(F)(F)F)C(=O)CSc1nc2ccccc2n1C. The van der Waals surface area contributed by atoms with Crippen molar-refractivity contribution in [3.8, 4) is 0 Å². The highest BCUT2D eigenvalue weighted by Crippen LogP contribution is 2.34. The second-order valence-corrected chi connectivity index (χ2v) is 7.51. The molecule has 0 aliphatic heterocycles. The van der Waals surface area contributed by atoms with Gasteiger partial charge in [0.25, 0.3) is 0 Å². The zero-order chi connectivity index (χ0) is 21.9. The number of rotatable bonds is 6. The summed E-state index contributed by atoms with van der Waals surface area (Å²) >= 11 is 1.23. The van der Waals surface area contributed by atoms with Gasteiger partial charge in [-0.3, -0.25) is 9.59 Å². The minimum absolute atomic E-state index is 0.0417. The molecule has 0 atom stereocenters. The molecule has 158 valence electrons. The minimum atomic E-state index is -4.59. The lowest BCUT2D eigenvalue weighted by Gasteiger charge is -2.18. The van der Waals surface area contributed by atoms with Gasteiger partial charge < -0.3 is 14.8 Å². The van der Waals surface area contributed by atoms with Gasteiger partial charge >= 0.3 is 6.18 Å². The fourth-order valence-electron chi connectivity index (χ4n) is 2.82. The molecular weight excluding hydrogens is 417 g/mol. The van der Waals surface area contributed by atoms with Crippen molar-refractivity contribution in [2.45, 2.75) is 11.3 Å². The summed E-state index contributed by atoms with van der Waals surface area (Å²) in [6, 6.07) is 12.3. The van der Waals surface area contributed by atoms with Crippen molar-refractivity contribution in [1.82, 2.24) is 14.5 Å². The number of nitrogens with one attached hydrogen (secondary N) is 1. The molecule has 30 heavy (non-hydrogen) atoms. The van der Waals surface area contributed by atoms with Crippen LogP contribution in [0.3, 0.4) is 0 Å². The number of anilines is 1. The van der Waals surface area contributed by atoms with Crippen LogP contribution in [-0.4, -0.2) is 45.6 Å². The predicted octanol–water partition coefficient (Wildman–Crippen LogP) is 3.78. The van der Waals surface area contributed by atoms with Crippen LogP contribution >= 0.6 is 11.8 Å². The first-order valence-electron chi connectivity index (χ1n) is 8.91. The molecule has 0 aliphatic rings. The minimum Gasteiger partial charge on any atom is -0.336 e. The molecule has 6 nitrogen and oxygen atoms in total. The van der Waals surface area contributed by atoms with Crippen molar-refractivity contribution in [1.29, 1.82) is 0 Å². The molecule has 1 N–H and O–H groups in total. The number of carbonyl (C=O) groups is 2. The first-order chi connectivity index (χ1) is 14.2. The molecule has 0 unspecified atom stereocenters. The molecule has 0 saturated carbocycles. The van der Waals surface area contributed by atoms with Gasteiger partial charge in [-0.25, -0.2) is 4.98 Å². The number of hydrogen-bond acceptors (Lipinski definition) is 4. The average Bonchev–Trinajstić information content (AvgIpc) is 3.01. The van der Waals surface area contributed by atoms with E-state index in [-0.39, 0.29) is 23.9 Å². The Morgan fingerprint density at radius 2 is 1.80 bits per heavy atom. The Hall–Kier alpha value is -3.01. The van der Waals surface area contributed by atoms with Gasteiger partial charge in [0.2, 0.25) is 11.8 Å². The van der Waals surface area contributed by atoms with Crippen LogP contribution in [0.4, 0.5) is 18.9 Å². The Morgan fingerprint density at radius 3 is 2.50 bits per heavy atom. The number of para-hydroxylation sites is 3. The van der Waals surface area contributed by atoms with Gasteiger partial charge in [0.05, 0.1) is 34.6 Å². The van der Waals surface area contributed by atoms with E-state index in [2.05, 4.69) is 10.3 Å². The molecule has 1 heterocycles. The number of halogens is 3. The highest BCUT2D eigenvalue weighted by atomic mass is 32.2. The highest BCUT2D eigenvalue weighted by Gasteiger charge is 2.33. The van der Waals surface area contributed by atoms with Gasteiger partial charge in [-0.2, -0.15) is 13.2 Å². The number of nitrogens with zero attached hydrogens (tertiary/aromatic N) is 3. The molecule has 1 aromatic heterocycles. The van der Waals surface area contributed by atoms with Crippen LogP contribution in [0.25, 0.3) is 11.0 Å². The van der Waals surface area contributed by atoms with Crippen LogP contribution in [0.1, 0.15) is 5.56 Å². The van der Waals surface area contributed by atoms with Gasteiger partial charge in [-0.1, -0.05) is 36.0 Å². The summed E-state index contributed by atoms with van der Waals surface area (Å²) in [6.45, 7) is -0.367. The molecule has 3 rings (SSSR count). The van der Waals surface area contributed by atoms with Gasteiger partial charge in [0.1, 0.15) is 0 Å². The molecule has 10 heteroatoms. The number of amides is 2. The lowest BCUT2D eigenvalue weighted by atomic mass is 10.1. The number of aromatic nitrogens is 2. The fourth-order valence-corrected chi connectivity index (χ4v) is 3.75. The maximum absolute atomic E-state index is 13.0. The van der Waals surface area contributed by atoms with Gasteiger partial charge in [-0.05, 0) is 24.3 Å². The van der Waals surface area contributed by atoms with E-state index in [0.717, 1.165) is 17.1 Å². The number of aryl methyl sites for hydroxylation is 1. The Morgan fingerprint density at radius 1 is 1.13 bits per heavy atom. The number of hydrogen-bond donors (Lipinski definition) is 1. The lowest BCUT2D eigenvalue weighted by Crippen LogP contribution is -2.36. The Bertz CT molecular complexity index is 1080. The predicted molar refractivity (Wildman–Crippen MR) is 109 cm³/mol. The topological polar surface area (TPSA) is 67.2 Å². The Labute approximate surface area is 175 Å². The summed E-state index contributed by atoms with van der Waals surface area (Å²) in [5.41, 5.74) is 0.462. The largest absolute Gasteiger partial charge is 0.418 e. The molecule has 0 spiro atoms.